The van der Waals surface area contributed by atoms with Crippen LogP contribution in [0.15, 0.2) is 12.2 Å². The summed E-state index contributed by atoms with van der Waals surface area (Å²) < 4.78 is 36.6. The molecule has 0 aliphatic heterocycles. The molecule has 2 unspecified atom stereocenters. The number of carbonyl (C=O) groups is 5. The van der Waals surface area contributed by atoms with Gasteiger partial charge in [-0.3, -0.25) is 14.4 Å². The van der Waals surface area contributed by atoms with Crippen molar-refractivity contribution in [2.75, 3.05) is 0 Å². The number of carboxylic acids is 3. The van der Waals surface area contributed by atoms with Crippen LogP contribution in [0, 0.1) is 0 Å². The third kappa shape index (κ3) is 10.1. The number of carboxylic acid groups (broad SMARTS) is 3. The van der Waals surface area contributed by atoms with Crippen LogP contribution in [0.3, 0.4) is 0 Å². The van der Waals surface area contributed by atoms with Gasteiger partial charge < -0.3 is 31.7 Å². The summed E-state index contributed by atoms with van der Waals surface area (Å²) in [6.07, 6.45) is -7.41. The first-order chi connectivity index (χ1) is 13.1. The van der Waals surface area contributed by atoms with E-state index in [1.54, 1.807) is 0 Å². The molecule has 0 aliphatic rings. The summed E-state index contributed by atoms with van der Waals surface area (Å²) in [7, 11) is 0. The van der Waals surface area contributed by atoms with Gasteiger partial charge in [0.05, 0.1) is 0 Å². The molecule has 14 heteroatoms. The van der Waals surface area contributed by atoms with Gasteiger partial charge in [-0.25, -0.2) is 9.59 Å². The van der Waals surface area contributed by atoms with Crippen molar-refractivity contribution in [2.24, 2.45) is 5.73 Å². The zero-order valence-corrected chi connectivity index (χ0v) is 14.9. The average Bonchev–Trinajstić information content (AvgIpc) is 2.56. The molecule has 0 saturated carbocycles. The zero-order valence-electron chi connectivity index (χ0n) is 14.9. The van der Waals surface area contributed by atoms with Crippen molar-refractivity contribution in [3.8, 4) is 0 Å². The second-order valence-corrected chi connectivity index (χ2v) is 5.96. The molecule has 0 spiro atoms. The maximum atomic E-state index is 12.2. The molecule has 0 aromatic rings. The fourth-order valence-corrected chi connectivity index (χ4v) is 2.01. The number of nitrogens with two attached hydrogens (primary N) is 1. The summed E-state index contributed by atoms with van der Waals surface area (Å²) in [5.74, 6) is -8.19. The quantitative estimate of drug-likeness (QED) is 0.216. The fourth-order valence-electron chi connectivity index (χ4n) is 2.01. The molecule has 0 saturated heterocycles. The highest BCUT2D eigenvalue weighted by atomic mass is 19.4. The maximum absolute atomic E-state index is 12.2. The SMILES string of the molecule is C=C(CC(N)C(=O)O)CC(NC(=O)CC[C@@H](NC(=O)C(F)(F)F)C(=O)O)C(=O)O. The normalized spacial score (nSPS) is 14.2. The molecule has 0 radical (unpaired) electrons. The lowest BCUT2D eigenvalue weighted by Gasteiger charge is -2.18. The molecule has 0 heterocycles. The van der Waals surface area contributed by atoms with Gasteiger partial charge in [-0.1, -0.05) is 12.2 Å². The Kier molecular flexibility index (Phi) is 9.79. The van der Waals surface area contributed by atoms with Crippen molar-refractivity contribution >= 4 is 29.7 Å². The highest BCUT2D eigenvalue weighted by Crippen LogP contribution is 2.15. The molecule has 11 nitrogen and oxygen atoms in total. The lowest BCUT2D eigenvalue weighted by Crippen LogP contribution is -2.47. The fraction of sp³-hybridized carbons (Fsp3) is 0.533. The van der Waals surface area contributed by atoms with Crippen molar-refractivity contribution in [1.29, 1.82) is 0 Å². The molecule has 3 atom stereocenters. The van der Waals surface area contributed by atoms with Crippen LogP contribution in [0.5, 0.6) is 0 Å². The number of carbonyl (C=O) groups excluding carboxylic acids is 2. The Labute approximate surface area is 161 Å². The minimum atomic E-state index is -5.32. The van der Waals surface area contributed by atoms with Gasteiger partial charge in [-0.15, -0.1) is 0 Å². The lowest BCUT2D eigenvalue weighted by molar-refractivity contribution is -0.175. The van der Waals surface area contributed by atoms with Gasteiger partial charge in [0.15, 0.2) is 0 Å². The van der Waals surface area contributed by atoms with E-state index in [0.29, 0.717) is 0 Å². The van der Waals surface area contributed by atoms with E-state index >= 15 is 0 Å². The van der Waals surface area contributed by atoms with E-state index in [-0.39, 0.29) is 18.4 Å². The van der Waals surface area contributed by atoms with E-state index in [9.17, 15) is 37.1 Å². The summed E-state index contributed by atoms with van der Waals surface area (Å²) in [5, 5.41) is 29.9. The Morgan fingerprint density at radius 2 is 1.41 bits per heavy atom. The number of rotatable bonds is 12. The summed E-state index contributed by atoms with van der Waals surface area (Å²) >= 11 is 0. The monoisotopic (exact) mass is 427 g/mol. The molecule has 0 rings (SSSR count). The summed E-state index contributed by atoms with van der Waals surface area (Å²) in [6.45, 7) is 3.47. The standard InChI is InChI=1S/C15H20F3N3O8/c1-6(4-7(19)11(23)24)5-9(13(27)28)20-10(22)3-2-8(12(25)26)21-14(29)15(16,17)18/h7-9H,1-5,19H2,(H,20,22)(H,21,29)(H,23,24)(H,25,26)(H,27,28)/t7?,8-,9?/m1/s1. The van der Waals surface area contributed by atoms with Crippen LogP contribution in [0.4, 0.5) is 13.2 Å². The Balaban J connectivity index is 4.81. The van der Waals surface area contributed by atoms with Gasteiger partial charge >= 0.3 is 30.0 Å². The van der Waals surface area contributed by atoms with Crippen LogP contribution in [-0.4, -0.2) is 69.3 Å². The van der Waals surface area contributed by atoms with Crippen molar-refractivity contribution in [3.05, 3.63) is 12.2 Å². The van der Waals surface area contributed by atoms with Crippen LogP contribution in [0.25, 0.3) is 0 Å². The van der Waals surface area contributed by atoms with E-state index in [1.807, 2.05) is 5.32 Å². The van der Waals surface area contributed by atoms with Crippen LogP contribution in [-0.2, 0) is 24.0 Å². The molecule has 2 amide bonds. The molecule has 0 aromatic carbocycles. The second kappa shape index (κ2) is 11.0. The molecule has 164 valence electrons. The van der Waals surface area contributed by atoms with Gasteiger partial charge in [-0.2, -0.15) is 13.2 Å². The Bertz CT molecular complexity index is 680. The van der Waals surface area contributed by atoms with E-state index in [0.717, 1.165) is 0 Å². The molecule has 29 heavy (non-hydrogen) atoms. The Morgan fingerprint density at radius 1 is 0.897 bits per heavy atom. The number of hydrogen-bond donors (Lipinski definition) is 6. The summed E-state index contributed by atoms with van der Waals surface area (Å²) in [4.78, 5) is 55.5. The average molecular weight is 427 g/mol. The van der Waals surface area contributed by atoms with Gasteiger partial charge in [-0.05, 0) is 19.3 Å². The zero-order chi connectivity index (χ0) is 22.9. The first-order valence-corrected chi connectivity index (χ1v) is 7.92. The van der Waals surface area contributed by atoms with Gasteiger partial charge in [0, 0.05) is 6.42 Å². The second-order valence-electron chi connectivity index (χ2n) is 5.96. The van der Waals surface area contributed by atoms with Crippen molar-refractivity contribution in [2.45, 2.75) is 50.0 Å². The van der Waals surface area contributed by atoms with E-state index in [1.165, 1.54) is 5.32 Å². The first kappa shape index (κ1) is 25.8. The number of aliphatic carboxylic acids is 3. The van der Waals surface area contributed by atoms with E-state index in [2.05, 4.69) is 6.58 Å². The predicted octanol–water partition coefficient (Wildman–Crippen LogP) is -0.784. The molecule has 0 fully saturated rings. The number of halogens is 3. The highest BCUT2D eigenvalue weighted by molar-refractivity contribution is 5.88. The van der Waals surface area contributed by atoms with E-state index in [4.69, 9.17) is 21.1 Å². The number of alkyl halides is 3. The molecule has 0 aliphatic carbocycles. The first-order valence-electron chi connectivity index (χ1n) is 7.92. The Morgan fingerprint density at radius 3 is 1.83 bits per heavy atom. The molecular weight excluding hydrogens is 407 g/mol. The molecular formula is C15H20F3N3O8. The lowest BCUT2D eigenvalue weighted by atomic mass is 10.0. The molecule has 7 N–H and O–H groups in total. The van der Waals surface area contributed by atoms with Crippen molar-refractivity contribution in [3.63, 3.8) is 0 Å². The predicted molar refractivity (Wildman–Crippen MR) is 88.4 cm³/mol. The summed E-state index contributed by atoms with van der Waals surface area (Å²) in [6, 6.07) is -4.91. The van der Waals surface area contributed by atoms with Crippen LogP contribution < -0.4 is 16.4 Å². The summed E-state index contributed by atoms with van der Waals surface area (Å²) in [5.41, 5.74) is 5.39. The molecule has 0 bridgehead atoms. The number of amides is 2. The van der Waals surface area contributed by atoms with Crippen LogP contribution >= 0.6 is 0 Å². The Hall–Kier alpha value is -3.16. The third-order valence-electron chi connectivity index (χ3n) is 3.47. The minimum absolute atomic E-state index is 0.105. The maximum Gasteiger partial charge on any atom is 0.471 e. The largest absolute Gasteiger partial charge is 0.480 e. The highest BCUT2D eigenvalue weighted by Gasteiger charge is 2.40. The number of nitrogens with one attached hydrogen (secondary N) is 2. The minimum Gasteiger partial charge on any atom is -0.480 e. The van der Waals surface area contributed by atoms with Crippen LogP contribution in [0.1, 0.15) is 25.7 Å². The van der Waals surface area contributed by atoms with Crippen molar-refractivity contribution < 1.29 is 52.5 Å². The van der Waals surface area contributed by atoms with Gasteiger partial charge in [0.2, 0.25) is 5.91 Å². The topological polar surface area (TPSA) is 196 Å². The van der Waals surface area contributed by atoms with Gasteiger partial charge in [0.1, 0.15) is 18.1 Å². The third-order valence-corrected chi connectivity index (χ3v) is 3.47. The van der Waals surface area contributed by atoms with Gasteiger partial charge in [0.25, 0.3) is 0 Å². The smallest absolute Gasteiger partial charge is 0.471 e. The van der Waals surface area contributed by atoms with E-state index < -0.39 is 66.9 Å². The van der Waals surface area contributed by atoms with Crippen LogP contribution in [0.2, 0.25) is 0 Å². The van der Waals surface area contributed by atoms with Crippen molar-refractivity contribution in [1.82, 2.24) is 10.6 Å². The molecule has 0 aromatic heterocycles. The number of hydrogen-bond acceptors (Lipinski definition) is 6.